The molecular weight excluding hydrogens is 212 g/mol. The van der Waals surface area contributed by atoms with Crippen LogP contribution in [0.5, 0.6) is 0 Å². The predicted molar refractivity (Wildman–Crippen MR) is 65.9 cm³/mol. The molecule has 2 saturated heterocycles. The van der Waals surface area contributed by atoms with Gasteiger partial charge in [0, 0.05) is 0 Å². The highest BCUT2D eigenvalue weighted by atomic mass is 16.6. The molecule has 2 heteroatoms. The standard InChI is InChI=1S/C15H24O2/c1-10-5-3-8-15(12(10)17-15)9-11-6-4-7-14(2)13(11)16-14/h10-13H,3-9H2,1-2H3. The Morgan fingerprint density at radius 3 is 2.76 bits per heavy atom. The van der Waals surface area contributed by atoms with E-state index in [1.807, 2.05) is 0 Å². The maximum atomic E-state index is 6.12. The molecule has 2 saturated carbocycles. The molecule has 4 rings (SSSR count). The lowest BCUT2D eigenvalue weighted by Crippen LogP contribution is -2.32. The van der Waals surface area contributed by atoms with E-state index in [1.165, 1.54) is 44.9 Å². The van der Waals surface area contributed by atoms with Crippen molar-refractivity contribution < 1.29 is 9.47 Å². The fourth-order valence-corrected chi connectivity index (χ4v) is 4.77. The number of rotatable bonds is 2. The summed E-state index contributed by atoms with van der Waals surface area (Å²) in [6, 6.07) is 0. The summed E-state index contributed by atoms with van der Waals surface area (Å²) in [5.41, 5.74) is 0.538. The molecule has 0 aromatic heterocycles. The molecule has 2 heterocycles. The molecule has 0 spiro atoms. The van der Waals surface area contributed by atoms with Crippen LogP contribution in [0.4, 0.5) is 0 Å². The summed E-state index contributed by atoms with van der Waals surface area (Å²) in [4.78, 5) is 0. The van der Waals surface area contributed by atoms with E-state index < -0.39 is 0 Å². The molecule has 6 unspecified atom stereocenters. The number of hydrogen-bond donors (Lipinski definition) is 0. The molecule has 17 heavy (non-hydrogen) atoms. The van der Waals surface area contributed by atoms with Crippen molar-refractivity contribution in [2.45, 2.75) is 82.2 Å². The van der Waals surface area contributed by atoms with Gasteiger partial charge in [0.25, 0.3) is 0 Å². The predicted octanol–water partition coefficient (Wildman–Crippen LogP) is 3.29. The molecule has 4 aliphatic rings. The van der Waals surface area contributed by atoms with E-state index in [2.05, 4.69) is 13.8 Å². The Kier molecular flexibility index (Phi) is 2.08. The van der Waals surface area contributed by atoms with Crippen molar-refractivity contribution >= 4 is 0 Å². The minimum atomic E-state index is 0.254. The SMILES string of the molecule is CC1CCCC2(CC3CCCC4(C)OC34)OC12. The third-order valence-electron chi connectivity index (χ3n) is 5.82. The smallest absolute Gasteiger partial charge is 0.0954 e. The maximum absolute atomic E-state index is 6.12. The second kappa shape index (κ2) is 3.27. The van der Waals surface area contributed by atoms with Gasteiger partial charge in [0.05, 0.1) is 23.4 Å². The quantitative estimate of drug-likeness (QED) is 0.687. The lowest BCUT2D eigenvalue weighted by Gasteiger charge is -2.28. The van der Waals surface area contributed by atoms with Crippen LogP contribution in [0.25, 0.3) is 0 Å². The normalized spacial score (nSPS) is 60.4. The highest BCUT2D eigenvalue weighted by molar-refractivity contribution is 5.13. The average molecular weight is 236 g/mol. The zero-order valence-electron chi connectivity index (χ0n) is 11.1. The summed E-state index contributed by atoms with van der Waals surface area (Å²) in [5, 5.41) is 0. The molecule has 0 N–H and O–H groups in total. The minimum Gasteiger partial charge on any atom is -0.366 e. The topological polar surface area (TPSA) is 25.1 Å². The van der Waals surface area contributed by atoms with E-state index in [0.29, 0.717) is 12.2 Å². The highest BCUT2D eigenvalue weighted by Gasteiger charge is 2.65. The van der Waals surface area contributed by atoms with Crippen molar-refractivity contribution in [3.05, 3.63) is 0 Å². The Morgan fingerprint density at radius 1 is 1.06 bits per heavy atom. The second-order valence-corrected chi connectivity index (χ2v) is 7.18. The molecule has 6 atom stereocenters. The van der Waals surface area contributed by atoms with Crippen LogP contribution < -0.4 is 0 Å². The molecule has 0 radical (unpaired) electrons. The van der Waals surface area contributed by atoms with Gasteiger partial charge < -0.3 is 9.47 Å². The van der Waals surface area contributed by atoms with Crippen LogP contribution in [0, 0.1) is 11.8 Å². The summed E-state index contributed by atoms with van der Waals surface area (Å²) >= 11 is 0. The fourth-order valence-electron chi connectivity index (χ4n) is 4.77. The Hall–Kier alpha value is -0.0800. The molecule has 2 aliphatic heterocycles. The third-order valence-corrected chi connectivity index (χ3v) is 5.82. The van der Waals surface area contributed by atoms with Crippen molar-refractivity contribution in [1.29, 1.82) is 0 Å². The summed E-state index contributed by atoms with van der Waals surface area (Å²) < 4.78 is 12.1. The number of epoxide rings is 2. The van der Waals surface area contributed by atoms with Gasteiger partial charge in [-0.05, 0) is 50.9 Å². The maximum Gasteiger partial charge on any atom is 0.0954 e. The molecule has 0 amide bonds. The first kappa shape index (κ1) is 10.8. The summed E-state index contributed by atoms with van der Waals surface area (Å²) in [6.07, 6.45) is 10.5. The first-order chi connectivity index (χ1) is 8.13. The van der Waals surface area contributed by atoms with Gasteiger partial charge in [-0.3, -0.25) is 0 Å². The summed E-state index contributed by atoms with van der Waals surface area (Å²) in [7, 11) is 0. The van der Waals surface area contributed by atoms with Gasteiger partial charge in [-0.1, -0.05) is 19.8 Å². The van der Waals surface area contributed by atoms with Crippen LogP contribution >= 0.6 is 0 Å². The van der Waals surface area contributed by atoms with Crippen LogP contribution in [0.3, 0.4) is 0 Å². The van der Waals surface area contributed by atoms with E-state index in [4.69, 9.17) is 9.47 Å². The zero-order chi connectivity index (χ0) is 11.7. The van der Waals surface area contributed by atoms with E-state index in [1.54, 1.807) is 0 Å². The Labute approximate surface area is 104 Å². The van der Waals surface area contributed by atoms with Crippen LogP contribution in [-0.4, -0.2) is 23.4 Å². The van der Waals surface area contributed by atoms with Crippen LogP contribution in [0.15, 0.2) is 0 Å². The second-order valence-electron chi connectivity index (χ2n) is 7.18. The van der Waals surface area contributed by atoms with E-state index in [0.717, 1.165) is 11.8 Å². The molecular formula is C15H24O2. The summed E-state index contributed by atoms with van der Waals surface area (Å²) in [5.74, 6) is 1.57. The van der Waals surface area contributed by atoms with Gasteiger partial charge in [0.15, 0.2) is 0 Å². The molecule has 2 nitrogen and oxygen atoms in total. The van der Waals surface area contributed by atoms with Crippen LogP contribution in [-0.2, 0) is 9.47 Å². The molecule has 0 aromatic carbocycles. The Morgan fingerprint density at radius 2 is 1.88 bits per heavy atom. The van der Waals surface area contributed by atoms with Crippen molar-refractivity contribution in [3.63, 3.8) is 0 Å². The van der Waals surface area contributed by atoms with Gasteiger partial charge in [-0.15, -0.1) is 0 Å². The molecule has 4 fully saturated rings. The Balaban J connectivity index is 1.45. The lowest BCUT2D eigenvalue weighted by molar-refractivity contribution is 0.205. The van der Waals surface area contributed by atoms with E-state index >= 15 is 0 Å². The third kappa shape index (κ3) is 1.53. The van der Waals surface area contributed by atoms with Crippen molar-refractivity contribution in [2.24, 2.45) is 11.8 Å². The Bertz CT molecular complexity index is 342. The van der Waals surface area contributed by atoms with Gasteiger partial charge in [-0.25, -0.2) is 0 Å². The number of hydrogen-bond acceptors (Lipinski definition) is 2. The van der Waals surface area contributed by atoms with Crippen molar-refractivity contribution in [3.8, 4) is 0 Å². The van der Waals surface area contributed by atoms with Gasteiger partial charge in [-0.2, -0.15) is 0 Å². The van der Waals surface area contributed by atoms with Gasteiger partial charge in [0.2, 0.25) is 0 Å². The molecule has 0 aromatic rings. The fraction of sp³-hybridized carbons (Fsp3) is 1.00. The van der Waals surface area contributed by atoms with Crippen LogP contribution in [0.1, 0.15) is 58.8 Å². The number of ether oxygens (including phenoxy) is 2. The lowest BCUT2D eigenvalue weighted by atomic mass is 9.73. The largest absolute Gasteiger partial charge is 0.366 e. The first-order valence-electron chi connectivity index (χ1n) is 7.49. The van der Waals surface area contributed by atoms with E-state index in [-0.39, 0.29) is 11.2 Å². The minimum absolute atomic E-state index is 0.254. The van der Waals surface area contributed by atoms with Crippen molar-refractivity contribution in [1.82, 2.24) is 0 Å². The monoisotopic (exact) mass is 236 g/mol. The molecule has 2 aliphatic carbocycles. The van der Waals surface area contributed by atoms with Crippen LogP contribution in [0.2, 0.25) is 0 Å². The van der Waals surface area contributed by atoms with E-state index in [9.17, 15) is 0 Å². The molecule has 0 bridgehead atoms. The average Bonchev–Trinajstić information content (AvgIpc) is 3.13. The van der Waals surface area contributed by atoms with Gasteiger partial charge >= 0.3 is 0 Å². The zero-order valence-corrected chi connectivity index (χ0v) is 11.1. The van der Waals surface area contributed by atoms with Gasteiger partial charge in [0.1, 0.15) is 0 Å². The summed E-state index contributed by atoms with van der Waals surface area (Å²) in [6.45, 7) is 4.67. The molecule has 96 valence electrons. The van der Waals surface area contributed by atoms with Crippen molar-refractivity contribution in [2.75, 3.05) is 0 Å². The highest BCUT2D eigenvalue weighted by Crippen LogP contribution is 2.59. The number of fused-ring (bicyclic) bond motifs is 2. The first-order valence-corrected chi connectivity index (χ1v) is 7.49.